The topological polar surface area (TPSA) is 98.7 Å². The van der Waals surface area contributed by atoms with Crippen LogP contribution in [0.25, 0.3) is 0 Å². The number of carbonyl (C=O) groups is 3. The summed E-state index contributed by atoms with van der Waals surface area (Å²) in [6, 6.07) is 14.9. The van der Waals surface area contributed by atoms with Gasteiger partial charge in [-0.3, -0.25) is 14.4 Å². The molecule has 1 heterocycles. The molecular weight excluding hydrogens is 478 g/mol. The van der Waals surface area contributed by atoms with Gasteiger partial charge in [0.05, 0.1) is 35.2 Å². The van der Waals surface area contributed by atoms with E-state index in [9.17, 15) is 19.5 Å². The summed E-state index contributed by atoms with van der Waals surface area (Å²) in [4.78, 5) is 42.3. The molecule has 36 heavy (non-hydrogen) atoms. The first-order chi connectivity index (χ1) is 17.4. The van der Waals surface area contributed by atoms with Gasteiger partial charge in [0.2, 0.25) is 17.7 Å². The smallest absolute Gasteiger partial charge is 0.247 e. The van der Waals surface area contributed by atoms with E-state index in [1.165, 1.54) is 4.90 Å². The molecule has 8 heteroatoms. The number of likely N-dealkylation sites (tertiary alicyclic amines) is 1. The number of allylic oxidation sites excluding steroid dienone is 1. The Kier molecular flexibility index (Phi) is 8.11. The van der Waals surface area contributed by atoms with Crippen molar-refractivity contribution in [3.05, 3.63) is 77.3 Å². The van der Waals surface area contributed by atoms with Crippen LogP contribution in [0.5, 0.6) is 0 Å². The zero-order valence-corrected chi connectivity index (χ0v) is 21.2. The molecule has 7 nitrogen and oxygen atoms in total. The summed E-state index contributed by atoms with van der Waals surface area (Å²) in [5.74, 6) is -2.84. The van der Waals surface area contributed by atoms with E-state index in [0.717, 1.165) is 5.56 Å². The summed E-state index contributed by atoms with van der Waals surface area (Å²) < 4.78 is 0. The number of nitrogens with one attached hydrogen (secondary N) is 2. The fraction of sp³-hybridized carbons (Fsp3) is 0.393. The molecule has 2 aromatic carbocycles. The highest BCUT2D eigenvalue weighted by Gasteiger charge is 2.58. The van der Waals surface area contributed by atoms with Gasteiger partial charge in [0.25, 0.3) is 0 Å². The first-order valence-corrected chi connectivity index (χ1v) is 12.7. The van der Waals surface area contributed by atoms with Crippen molar-refractivity contribution in [2.75, 3.05) is 19.0 Å². The van der Waals surface area contributed by atoms with Gasteiger partial charge in [-0.2, -0.15) is 0 Å². The maximum Gasteiger partial charge on any atom is 0.247 e. The Bertz CT molecular complexity index is 1140. The van der Waals surface area contributed by atoms with Crippen molar-refractivity contribution < 1.29 is 19.5 Å². The zero-order chi connectivity index (χ0) is 25.8. The molecule has 1 aliphatic heterocycles. The number of para-hydroxylation sites is 1. The maximum atomic E-state index is 14.1. The van der Waals surface area contributed by atoms with Crippen molar-refractivity contribution >= 4 is 35.0 Å². The molecule has 2 aliphatic rings. The Balaban J connectivity index is 1.76. The van der Waals surface area contributed by atoms with E-state index in [1.54, 1.807) is 31.3 Å². The van der Waals surface area contributed by atoms with Gasteiger partial charge in [-0.25, -0.2) is 0 Å². The number of fused-ring (bicyclic) bond motifs is 1. The van der Waals surface area contributed by atoms with Crippen LogP contribution in [0.4, 0.5) is 5.69 Å². The van der Waals surface area contributed by atoms with E-state index in [1.807, 2.05) is 49.4 Å². The third-order valence-corrected chi connectivity index (χ3v) is 7.72. The fourth-order valence-electron chi connectivity index (χ4n) is 5.66. The van der Waals surface area contributed by atoms with Gasteiger partial charge in [-0.05, 0) is 36.5 Å². The number of nitrogens with zero attached hydrogens (tertiary/aromatic N) is 1. The van der Waals surface area contributed by atoms with Crippen LogP contribution in [-0.2, 0) is 20.8 Å². The quantitative estimate of drug-likeness (QED) is 0.475. The summed E-state index contributed by atoms with van der Waals surface area (Å²) in [6.45, 7) is 1.66. The molecule has 0 bridgehead atoms. The average molecular weight is 510 g/mol. The second kappa shape index (κ2) is 11.3. The van der Waals surface area contributed by atoms with Crippen molar-refractivity contribution in [3.8, 4) is 0 Å². The van der Waals surface area contributed by atoms with Gasteiger partial charge in [0.15, 0.2) is 0 Å². The predicted octanol–water partition coefficient (Wildman–Crippen LogP) is 3.28. The SMILES string of the molecule is CC[C@@H]1C=C[C@H]2[C@H](C(=O)N([C@@H](CO)Cc3ccccc3)[C@@H]2C(=O)Nc2ccccc2Cl)[C@@H]1C(=O)NC. The van der Waals surface area contributed by atoms with Crippen LogP contribution in [0.15, 0.2) is 66.7 Å². The molecule has 0 unspecified atom stereocenters. The molecule has 1 aliphatic carbocycles. The van der Waals surface area contributed by atoms with E-state index in [4.69, 9.17) is 11.6 Å². The average Bonchev–Trinajstić information content (AvgIpc) is 3.20. The molecule has 190 valence electrons. The van der Waals surface area contributed by atoms with E-state index < -0.39 is 35.7 Å². The van der Waals surface area contributed by atoms with Gasteiger partial charge in [0, 0.05) is 13.0 Å². The first-order valence-electron chi connectivity index (χ1n) is 12.3. The van der Waals surface area contributed by atoms with Crippen molar-refractivity contribution in [3.63, 3.8) is 0 Å². The van der Waals surface area contributed by atoms with Crippen LogP contribution in [0.2, 0.25) is 5.02 Å². The third-order valence-electron chi connectivity index (χ3n) is 7.39. The summed E-state index contributed by atoms with van der Waals surface area (Å²) in [5.41, 5.74) is 1.38. The monoisotopic (exact) mass is 509 g/mol. The predicted molar refractivity (Wildman–Crippen MR) is 139 cm³/mol. The number of anilines is 1. The van der Waals surface area contributed by atoms with Crippen LogP contribution in [-0.4, -0.2) is 53.5 Å². The number of rotatable bonds is 8. The number of aliphatic hydroxyl groups is 1. The number of hydrogen-bond acceptors (Lipinski definition) is 4. The maximum absolute atomic E-state index is 14.1. The van der Waals surface area contributed by atoms with Crippen molar-refractivity contribution in [1.82, 2.24) is 10.2 Å². The minimum atomic E-state index is -0.902. The fourth-order valence-corrected chi connectivity index (χ4v) is 5.84. The lowest BCUT2D eigenvalue weighted by Crippen LogP contribution is -2.51. The number of amides is 3. The molecule has 3 amide bonds. The molecule has 3 N–H and O–H groups in total. The van der Waals surface area contributed by atoms with Gasteiger partial charge in [-0.1, -0.05) is 73.1 Å². The second-order valence-corrected chi connectivity index (χ2v) is 9.79. The summed E-state index contributed by atoms with van der Waals surface area (Å²) in [5, 5.41) is 16.4. The van der Waals surface area contributed by atoms with Crippen molar-refractivity contribution in [1.29, 1.82) is 0 Å². The Hall–Kier alpha value is -3.16. The molecule has 0 aromatic heterocycles. The molecule has 6 atom stereocenters. The summed E-state index contributed by atoms with van der Waals surface area (Å²) >= 11 is 6.29. The van der Waals surface area contributed by atoms with Crippen molar-refractivity contribution in [2.45, 2.75) is 31.8 Å². The Morgan fingerprint density at radius 2 is 1.75 bits per heavy atom. The Morgan fingerprint density at radius 1 is 1.06 bits per heavy atom. The lowest BCUT2D eigenvalue weighted by atomic mass is 9.69. The highest BCUT2D eigenvalue weighted by molar-refractivity contribution is 6.33. The highest BCUT2D eigenvalue weighted by Crippen LogP contribution is 2.46. The molecule has 4 rings (SSSR count). The Labute approximate surface area is 216 Å². The van der Waals surface area contributed by atoms with Gasteiger partial charge >= 0.3 is 0 Å². The van der Waals surface area contributed by atoms with Crippen LogP contribution in [0.3, 0.4) is 0 Å². The molecule has 1 saturated heterocycles. The molecule has 0 radical (unpaired) electrons. The lowest BCUT2D eigenvalue weighted by molar-refractivity contribution is -0.142. The Morgan fingerprint density at radius 3 is 2.39 bits per heavy atom. The molecule has 1 fully saturated rings. The van der Waals surface area contributed by atoms with E-state index >= 15 is 0 Å². The second-order valence-electron chi connectivity index (χ2n) is 9.39. The van der Waals surface area contributed by atoms with Crippen LogP contribution < -0.4 is 10.6 Å². The van der Waals surface area contributed by atoms with Crippen LogP contribution >= 0.6 is 11.6 Å². The van der Waals surface area contributed by atoms with Crippen LogP contribution in [0.1, 0.15) is 18.9 Å². The molecule has 0 saturated carbocycles. The van der Waals surface area contributed by atoms with Gasteiger partial charge in [0.1, 0.15) is 6.04 Å². The van der Waals surface area contributed by atoms with Crippen LogP contribution in [0, 0.1) is 23.7 Å². The number of carbonyl (C=O) groups excluding carboxylic acids is 3. The molecule has 0 spiro atoms. The standard InChI is InChI=1S/C28H32ClN3O4/c1-3-18-13-14-20-24(23(18)26(34)30-2)28(36)32(19(16-33)15-17-9-5-4-6-10-17)25(20)27(35)31-22-12-8-7-11-21(22)29/h4-14,18-20,23-25,33H,3,15-16H2,1-2H3,(H,30,34)(H,31,35)/t18-,19-,20+,23-,24+,25+/m1/s1. The number of hydrogen-bond donors (Lipinski definition) is 3. The van der Waals surface area contributed by atoms with Gasteiger partial charge < -0.3 is 20.6 Å². The normalized spacial score (nSPS) is 25.8. The minimum Gasteiger partial charge on any atom is -0.394 e. The summed E-state index contributed by atoms with van der Waals surface area (Å²) in [6.07, 6.45) is 4.93. The third kappa shape index (κ3) is 4.90. The van der Waals surface area contributed by atoms with E-state index in [0.29, 0.717) is 23.6 Å². The number of aliphatic hydroxyl groups excluding tert-OH is 1. The number of halogens is 1. The minimum absolute atomic E-state index is 0.121. The largest absolute Gasteiger partial charge is 0.394 e. The highest BCUT2D eigenvalue weighted by atomic mass is 35.5. The zero-order valence-electron chi connectivity index (χ0n) is 20.4. The van der Waals surface area contributed by atoms with E-state index in [2.05, 4.69) is 10.6 Å². The molecule has 2 aromatic rings. The molecular formula is C28H32ClN3O4. The summed E-state index contributed by atoms with van der Waals surface area (Å²) in [7, 11) is 1.56. The lowest BCUT2D eigenvalue weighted by Gasteiger charge is -2.34. The number of benzene rings is 2. The van der Waals surface area contributed by atoms with Crippen molar-refractivity contribution in [2.24, 2.45) is 23.7 Å². The van der Waals surface area contributed by atoms with E-state index in [-0.39, 0.29) is 24.3 Å². The van der Waals surface area contributed by atoms with Gasteiger partial charge in [-0.15, -0.1) is 0 Å². The first kappa shape index (κ1) is 25.9.